The van der Waals surface area contributed by atoms with Gasteiger partial charge in [0.15, 0.2) is 0 Å². The first kappa shape index (κ1) is 24.9. The summed E-state index contributed by atoms with van der Waals surface area (Å²) in [5.41, 5.74) is 8.42. The molecule has 0 spiro atoms. The number of imidazole rings is 1. The zero-order valence-corrected chi connectivity index (χ0v) is 23.4. The van der Waals surface area contributed by atoms with Crippen LogP contribution in [0.15, 0.2) is 77.4 Å². The van der Waals surface area contributed by atoms with E-state index in [4.69, 9.17) is 10.1 Å². The van der Waals surface area contributed by atoms with E-state index in [0.29, 0.717) is 0 Å². The van der Waals surface area contributed by atoms with Crippen molar-refractivity contribution in [3.8, 4) is 33.0 Å². The van der Waals surface area contributed by atoms with E-state index >= 15 is 0 Å². The molecule has 0 amide bonds. The van der Waals surface area contributed by atoms with Gasteiger partial charge < -0.3 is 0 Å². The predicted molar refractivity (Wildman–Crippen MR) is 157 cm³/mol. The van der Waals surface area contributed by atoms with Crippen LogP contribution in [0.4, 0.5) is 0 Å². The van der Waals surface area contributed by atoms with Crippen molar-refractivity contribution in [2.24, 2.45) is 0 Å². The summed E-state index contributed by atoms with van der Waals surface area (Å²) < 4.78 is 2.80. The average molecular weight is 559 g/mol. The van der Waals surface area contributed by atoms with E-state index in [0.717, 1.165) is 37.8 Å². The van der Waals surface area contributed by atoms with Crippen LogP contribution in [-0.4, -0.2) is 14.6 Å². The predicted octanol–water partition coefficient (Wildman–Crippen LogP) is 9.63. The minimum Gasteiger partial charge on any atom is -0.216 e. The number of halogens is 1. The third-order valence-corrected chi connectivity index (χ3v) is 8.35. The Morgan fingerprint density at radius 3 is 1.78 bits per heavy atom. The van der Waals surface area contributed by atoms with Crippen LogP contribution in [0.1, 0.15) is 57.1 Å². The van der Waals surface area contributed by atoms with Gasteiger partial charge in [-0.1, -0.05) is 117 Å². The van der Waals surface area contributed by atoms with Gasteiger partial charge in [-0.05, 0) is 63.9 Å². The summed E-state index contributed by atoms with van der Waals surface area (Å²) in [6.07, 6.45) is 8.58. The lowest BCUT2D eigenvalue weighted by atomic mass is 10.00. The zero-order chi connectivity index (χ0) is 24.9. The van der Waals surface area contributed by atoms with Crippen molar-refractivity contribution >= 4 is 32.2 Å². The van der Waals surface area contributed by atoms with Crippen molar-refractivity contribution in [3.63, 3.8) is 0 Å². The topological polar surface area (TPSA) is 30.2 Å². The molecule has 0 fully saturated rings. The molecule has 0 aliphatic heterocycles. The molecule has 2 aromatic heterocycles. The number of aromatic nitrogens is 3. The lowest BCUT2D eigenvalue weighted by Gasteiger charge is -2.06. The molecule has 36 heavy (non-hydrogen) atoms. The number of unbranched alkanes of at least 4 members (excludes halogenated alkanes) is 3. The Bertz CT molecular complexity index is 1410. The van der Waals surface area contributed by atoms with Crippen molar-refractivity contribution in [1.29, 1.82) is 0 Å². The molecule has 0 atom stereocenters. The fourth-order valence-corrected chi connectivity index (χ4v) is 6.07. The van der Waals surface area contributed by atoms with E-state index in [9.17, 15) is 0 Å². The van der Waals surface area contributed by atoms with Gasteiger partial charge in [0.25, 0.3) is 0 Å². The third kappa shape index (κ3) is 5.47. The monoisotopic (exact) mass is 557 g/mol. The summed E-state index contributed by atoms with van der Waals surface area (Å²) in [5, 5.41) is 5.83. The van der Waals surface area contributed by atoms with E-state index in [1.165, 1.54) is 60.8 Å². The Labute approximate surface area is 226 Å². The summed E-state index contributed by atoms with van der Waals surface area (Å²) in [6, 6.07) is 26.5. The van der Waals surface area contributed by atoms with Gasteiger partial charge in [0, 0.05) is 11.1 Å². The first-order valence-electron chi connectivity index (χ1n) is 13.0. The van der Waals surface area contributed by atoms with Gasteiger partial charge in [0.05, 0.1) is 0 Å². The van der Waals surface area contributed by atoms with Crippen LogP contribution in [0, 0.1) is 0 Å². The van der Waals surface area contributed by atoms with Gasteiger partial charge >= 0.3 is 0 Å². The summed E-state index contributed by atoms with van der Waals surface area (Å²) in [6.45, 7) is 4.48. The molecule has 0 aliphatic carbocycles. The molecule has 0 saturated heterocycles. The molecule has 184 valence electrons. The van der Waals surface area contributed by atoms with Crippen LogP contribution < -0.4 is 0 Å². The van der Waals surface area contributed by atoms with Gasteiger partial charge in [0.2, 0.25) is 4.96 Å². The highest BCUT2D eigenvalue weighted by Gasteiger charge is 2.17. The molecular weight excluding hydrogens is 526 g/mol. The lowest BCUT2D eigenvalue weighted by molar-refractivity contribution is 0.717. The molecule has 0 unspecified atom stereocenters. The van der Waals surface area contributed by atoms with E-state index in [-0.39, 0.29) is 0 Å². The SMILES string of the molecule is CCCCCc1ccc(-c2ccc(-c3nc4sc(-c5ccc(CCCC)cc5)nn4c3Br)cc2)cc1. The van der Waals surface area contributed by atoms with Crippen molar-refractivity contribution in [3.05, 3.63) is 88.5 Å². The van der Waals surface area contributed by atoms with Gasteiger partial charge in [-0.15, -0.1) is 0 Å². The van der Waals surface area contributed by atoms with Crippen molar-refractivity contribution < 1.29 is 0 Å². The number of hydrogen-bond donors (Lipinski definition) is 0. The van der Waals surface area contributed by atoms with E-state index < -0.39 is 0 Å². The Balaban J connectivity index is 1.32. The summed E-state index contributed by atoms with van der Waals surface area (Å²) in [5.74, 6) is 0. The second-order valence-electron chi connectivity index (χ2n) is 9.38. The van der Waals surface area contributed by atoms with Crippen molar-refractivity contribution in [2.75, 3.05) is 0 Å². The smallest absolute Gasteiger partial charge is 0.214 e. The molecule has 3 aromatic carbocycles. The molecule has 0 N–H and O–H groups in total. The van der Waals surface area contributed by atoms with Gasteiger partial charge in [-0.25, -0.2) is 4.98 Å². The minimum absolute atomic E-state index is 0.892. The molecule has 5 rings (SSSR count). The highest BCUT2D eigenvalue weighted by atomic mass is 79.9. The number of rotatable bonds is 10. The van der Waals surface area contributed by atoms with Crippen LogP contribution in [0.2, 0.25) is 0 Å². The Morgan fingerprint density at radius 2 is 1.19 bits per heavy atom. The van der Waals surface area contributed by atoms with Gasteiger partial charge in [-0.3, -0.25) is 0 Å². The molecule has 3 nitrogen and oxygen atoms in total. The van der Waals surface area contributed by atoms with E-state index in [2.05, 4.69) is 103 Å². The van der Waals surface area contributed by atoms with Gasteiger partial charge in [-0.2, -0.15) is 9.61 Å². The molecule has 0 bridgehead atoms. The van der Waals surface area contributed by atoms with Crippen LogP contribution >= 0.6 is 27.3 Å². The maximum absolute atomic E-state index is 4.91. The second kappa shape index (κ2) is 11.5. The summed E-state index contributed by atoms with van der Waals surface area (Å²) in [7, 11) is 0. The molecule has 2 heterocycles. The number of nitrogens with zero attached hydrogens (tertiary/aromatic N) is 3. The Morgan fingerprint density at radius 1 is 0.667 bits per heavy atom. The zero-order valence-electron chi connectivity index (χ0n) is 21.0. The van der Waals surface area contributed by atoms with Crippen LogP contribution in [0.25, 0.3) is 37.9 Å². The molecular formula is C31H32BrN3S. The first-order valence-corrected chi connectivity index (χ1v) is 14.6. The van der Waals surface area contributed by atoms with E-state index in [1.54, 1.807) is 11.3 Å². The molecule has 0 saturated carbocycles. The lowest BCUT2D eigenvalue weighted by Crippen LogP contribution is -1.88. The fraction of sp³-hybridized carbons (Fsp3) is 0.290. The Hall–Kier alpha value is -2.76. The van der Waals surface area contributed by atoms with Crippen LogP contribution in [-0.2, 0) is 12.8 Å². The molecule has 0 radical (unpaired) electrons. The average Bonchev–Trinajstić information content (AvgIpc) is 3.48. The molecule has 5 heteroatoms. The number of fused-ring (bicyclic) bond motifs is 1. The Kier molecular flexibility index (Phi) is 7.98. The highest BCUT2D eigenvalue weighted by Crippen LogP contribution is 2.34. The van der Waals surface area contributed by atoms with Crippen LogP contribution in [0.5, 0.6) is 0 Å². The quantitative estimate of drug-likeness (QED) is 0.160. The summed E-state index contributed by atoms with van der Waals surface area (Å²) in [4.78, 5) is 5.80. The first-order chi connectivity index (χ1) is 17.7. The van der Waals surface area contributed by atoms with Crippen molar-refractivity contribution in [2.45, 2.75) is 58.8 Å². The highest BCUT2D eigenvalue weighted by molar-refractivity contribution is 9.10. The number of hydrogen-bond acceptors (Lipinski definition) is 3. The number of aryl methyl sites for hydroxylation is 2. The molecule has 5 aromatic rings. The summed E-state index contributed by atoms with van der Waals surface area (Å²) >= 11 is 5.38. The standard InChI is InChI=1S/C31H32BrN3S/c1-3-5-7-9-23-10-14-24(15-11-23)25-18-20-26(21-19-25)28-29(32)35-31(33-28)36-30(34-35)27-16-12-22(13-17-27)8-6-4-2/h10-21H,3-9H2,1-2H3. The van der Waals surface area contributed by atoms with Crippen molar-refractivity contribution in [1.82, 2.24) is 14.6 Å². The molecule has 0 aliphatic rings. The van der Waals surface area contributed by atoms with Gasteiger partial charge in [0.1, 0.15) is 15.3 Å². The van der Waals surface area contributed by atoms with E-state index in [1.807, 2.05) is 4.52 Å². The normalized spacial score (nSPS) is 11.4. The fourth-order valence-electron chi connectivity index (χ4n) is 4.48. The number of benzene rings is 3. The maximum atomic E-state index is 4.91. The minimum atomic E-state index is 0.892. The maximum Gasteiger partial charge on any atom is 0.214 e. The van der Waals surface area contributed by atoms with Crippen LogP contribution in [0.3, 0.4) is 0 Å². The third-order valence-electron chi connectivity index (χ3n) is 6.68. The largest absolute Gasteiger partial charge is 0.216 e. The second-order valence-corrected chi connectivity index (χ2v) is 11.1.